The number of esters is 1. The summed E-state index contributed by atoms with van der Waals surface area (Å²) >= 11 is 0. The molecule has 4 heteroatoms. The predicted molar refractivity (Wildman–Crippen MR) is 58.9 cm³/mol. The second kappa shape index (κ2) is 4.31. The van der Waals surface area contributed by atoms with Crippen molar-refractivity contribution in [2.45, 2.75) is 38.2 Å². The predicted octanol–water partition coefficient (Wildman–Crippen LogP) is 1.53. The van der Waals surface area contributed by atoms with E-state index in [1.165, 1.54) is 32.1 Å². The SMILES string of the molecule is O=COCC(=O)OC1C2CC3CC(C2)CC1C3. The van der Waals surface area contributed by atoms with Crippen LogP contribution in [0.2, 0.25) is 0 Å². The van der Waals surface area contributed by atoms with E-state index >= 15 is 0 Å². The molecule has 0 spiro atoms. The van der Waals surface area contributed by atoms with Gasteiger partial charge in [-0.15, -0.1) is 0 Å². The van der Waals surface area contributed by atoms with Crippen molar-refractivity contribution in [2.24, 2.45) is 23.7 Å². The molecule has 0 atom stereocenters. The van der Waals surface area contributed by atoms with Crippen LogP contribution in [0.25, 0.3) is 0 Å². The Morgan fingerprint density at radius 3 is 2.18 bits per heavy atom. The van der Waals surface area contributed by atoms with E-state index in [9.17, 15) is 9.59 Å². The highest BCUT2D eigenvalue weighted by atomic mass is 16.6. The van der Waals surface area contributed by atoms with Gasteiger partial charge in [0, 0.05) is 0 Å². The molecule has 0 aliphatic heterocycles. The quantitative estimate of drug-likeness (QED) is 0.550. The van der Waals surface area contributed by atoms with Crippen LogP contribution in [0.1, 0.15) is 32.1 Å². The number of hydrogen-bond donors (Lipinski definition) is 0. The maximum Gasteiger partial charge on any atom is 0.344 e. The van der Waals surface area contributed by atoms with Crippen LogP contribution in [0.3, 0.4) is 0 Å². The zero-order valence-electron chi connectivity index (χ0n) is 9.84. The number of rotatable bonds is 4. The van der Waals surface area contributed by atoms with Crippen LogP contribution in [-0.2, 0) is 19.1 Å². The van der Waals surface area contributed by atoms with E-state index in [2.05, 4.69) is 4.74 Å². The molecule has 4 fully saturated rings. The van der Waals surface area contributed by atoms with Gasteiger partial charge in [-0.05, 0) is 55.8 Å². The first-order valence-corrected chi connectivity index (χ1v) is 6.51. The van der Waals surface area contributed by atoms with Crippen LogP contribution in [0, 0.1) is 23.7 Å². The minimum atomic E-state index is -0.394. The molecule has 4 saturated carbocycles. The van der Waals surface area contributed by atoms with Crippen molar-refractivity contribution in [3.8, 4) is 0 Å². The molecule has 4 rings (SSSR count). The summed E-state index contributed by atoms with van der Waals surface area (Å²) in [6.07, 6.45) is 6.37. The third kappa shape index (κ3) is 2.05. The van der Waals surface area contributed by atoms with Crippen molar-refractivity contribution in [2.75, 3.05) is 6.61 Å². The molecule has 4 aliphatic rings. The number of carbonyl (C=O) groups excluding carboxylic acids is 2. The number of ether oxygens (including phenoxy) is 2. The van der Waals surface area contributed by atoms with E-state index in [1.54, 1.807) is 0 Å². The van der Waals surface area contributed by atoms with E-state index in [0.29, 0.717) is 11.8 Å². The molecule has 0 radical (unpaired) electrons. The molecule has 0 unspecified atom stereocenters. The highest BCUT2D eigenvalue weighted by Crippen LogP contribution is 2.54. The number of hydrogen-bond acceptors (Lipinski definition) is 4. The standard InChI is InChI=1S/C13H18O4/c14-7-16-6-12(15)17-13-10-2-8-1-9(4-10)5-11(13)3-8/h7-11,13H,1-6H2. The molecule has 0 aromatic carbocycles. The molecule has 0 amide bonds. The summed E-state index contributed by atoms with van der Waals surface area (Å²) in [7, 11) is 0. The van der Waals surface area contributed by atoms with Crippen LogP contribution >= 0.6 is 0 Å². The van der Waals surface area contributed by atoms with E-state index in [1.807, 2.05) is 0 Å². The molecule has 17 heavy (non-hydrogen) atoms. The fraction of sp³-hybridized carbons (Fsp3) is 0.846. The van der Waals surface area contributed by atoms with E-state index in [0.717, 1.165) is 11.8 Å². The normalized spacial score (nSPS) is 42.2. The summed E-state index contributed by atoms with van der Waals surface area (Å²) in [5, 5.41) is 0. The third-order valence-corrected chi connectivity index (χ3v) is 4.68. The Morgan fingerprint density at radius 2 is 1.65 bits per heavy atom. The molecule has 0 saturated heterocycles. The van der Waals surface area contributed by atoms with Gasteiger partial charge in [0.15, 0.2) is 6.61 Å². The van der Waals surface area contributed by atoms with Crippen LogP contribution in [0.5, 0.6) is 0 Å². The molecule has 0 heterocycles. The van der Waals surface area contributed by atoms with Gasteiger partial charge in [-0.3, -0.25) is 4.79 Å². The molecular weight excluding hydrogens is 220 g/mol. The lowest BCUT2D eigenvalue weighted by molar-refractivity contribution is -0.176. The molecule has 94 valence electrons. The van der Waals surface area contributed by atoms with E-state index in [4.69, 9.17) is 4.74 Å². The average Bonchev–Trinajstić information content (AvgIpc) is 2.30. The fourth-order valence-corrected chi connectivity index (χ4v) is 4.36. The second-order valence-corrected chi connectivity index (χ2v) is 5.79. The lowest BCUT2D eigenvalue weighted by atomic mass is 9.55. The second-order valence-electron chi connectivity index (χ2n) is 5.79. The Balaban J connectivity index is 1.60. The maximum atomic E-state index is 11.5. The van der Waals surface area contributed by atoms with Gasteiger partial charge in [-0.25, -0.2) is 4.79 Å². The van der Waals surface area contributed by atoms with Gasteiger partial charge in [0.25, 0.3) is 6.47 Å². The van der Waals surface area contributed by atoms with Crippen LogP contribution in [0.15, 0.2) is 0 Å². The maximum absolute atomic E-state index is 11.5. The van der Waals surface area contributed by atoms with Gasteiger partial charge in [-0.1, -0.05) is 0 Å². The van der Waals surface area contributed by atoms with Gasteiger partial charge >= 0.3 is 5.97 Å². The molecule has 0 aromatic heterocycles. The first-order chi connectivity index (χ1) is 8.26. The van der Waals surface area contributed by atoms with Crippen LogP contribution in [-0.4, -0.2) is 25.2 Å². The van der Waals surface area contributed by atoms with Crippen molar-refractivity contribution in [3.05, 3.63) is 0 Å². The van der Waals surface area contributed by atoms with Crippen molar-refractivity contribution >= 4 is 12.4 Å². The molecule has 4 nitrogen and oxygen atoms in total. The summed E-state index contributed by atoms with van der Waals surface area (Å²) in [5.74, 6) is 2.48. The average molecular weight is 238 g/mol. The highest BCUT2D eigenvalue weighted by Gasteiger charge is 2.49. The molecule has 0 aromatic rings. The lowest BCUT2D eigenvalue weighted by Crippen LogP contribution is -2.50. The van der Waals surface area contributed by atoms with Crippen molar-refractivity contribution in [1.82, 2.24) is 0 Å². The summed E-state index contributed by atoms with van der Waals surface area (Å²) < 4.78 is 9.94. The van der Waals surface area contributed by atoms with Crippen molar-refractivity contribution in [1.29, 1.82) is 0 Å². The van der Waals surface area contributed by atoms with Crippen molar-refractivity contribution < 1.29 is 19.1 Å². The van der Waals surface area contributed by atoms with E-state index in [-0.39, 0.29) is 19.2 Å². The van der Waals surface area contributed by atoms with Gasteiger partial charge in [0.1, 0.15) is 6.10 Å². The zero-order chi connectivity index (χ0) is 11.8. The Bertz CT molecular complexity index is 297. The Kier molecular flexibility index (Phi) is 2.81. The highest BCUT2D eigenvalue weighted by molar-refractivity contribution is 5.72. The first-order valence-electron chi connectivity index (χ1n) is 6.51. The molecule has 4 aliphatic carbocycles. The summed E-state index contributed by atoms with van der Waals surface area (Å²) in [5.41, 5.74) is 0. The summed E-state index contributed by atoms with van der Waals surface area (Å²) in [6, 6.07) is 0. The van der Waals surface area contributed by atoms with Gasteiger partial charge in [0.05, 0.1) is 0 Å². The summed E-state index contributed by atoms with van der Waals surface area (Å²) in [6.45, 7) is 0.0461. The molecule has 4 bridgehead atoms. The van der Waals surface area contributed by atoms with Crippen LogP contribution in [0.4, 0.5) is 0 Å². The monoisotopic (exact) mass is 238 g/mol. The van der Waals surface area contributed by atoms with Gasteiger partial charge < -0.3 is 9.47 Å². The zero-order valence-corrected chi connectivity index (χ0v) is 9.84. The minimum absolute atomic E-state index is 0.0885. The van der Waals surface area contributed by atoms with E-state index < -0.39 is 5.97 Å². The summed E-state index contributed by atoms with van der Waals surface area (Å²) in [4.78, 5) is 21.5. The molecular formula is C13H18O4. The fourth-order valence-electron chi connectivity index (χ4n) is 4.36. The smallest absolute Gasteiger partial charge is 0.344 e. The first kappa shape index (κ1) is 11.1. The van der Waals surface area contributed by atoms with Gasteiger partial charge in [-0.2, -0.15) is 0 Å². The lowest BCUT2D eigenvalue weighted by Gasteiger charge is -2.53. The topological polar surface area (TPSA) is 52.6 Å². The minimum Gasteiger partial charge on any atom is -0.459 e. The van der Waals surface area contributed by atoms with Crippen LogP contribution < -0.4 is 0 Å². The largest absolute Gasteiger partial charge is 0.459 e. The Labute approximate surface area is 101 Å². The Morgan fingerprint density at radius 1 is 1.06 bits per heavy atom. The third-order valence-electron chi connectivity index (χ3n) is 4.68. The number of carbonyl (C=O) groups is 2. The molecule has 0 N–H and O–H groups in total. The Hall–Kier alpha value is -1.06. The van der Waals surface area contributed by atoms with Crippen molar-refractivity contribution in [3.63, 3.8) is 0 Å². The van der Waals surface area contributed by atoms with Gasteiger partial charge in [0.2, 0.25) is 0 Å².